The molecule has 3 N–H and O–H groups in total. The minimum Gasteiger partial charge on any atom is -0.384 e. The van der Waals surface area contributed by atoms with E-state index in [4.69, 9.17) is 5.73 Å². The van der Waals surface area contributed by atoms with E-state index in [-0.39, 0.29) is 23.7 Å². The maximum absolute atomic E-state index is 13.7. The van der Waals surface area contributed by atoms with Crippen LogP contribution in [-0.2, 0) is 6.42 Å². The summed E-state index contributed by atoms with van der Waals surface area (Å²) in [6.07, 6.45) is 2.97. The minimum absolute atomic E-state index is 0.0269. The van der Waals surface area contributed by atoms with Crippen molar-refractivity contribution in [3.8, 4) is 0 Å². The van der Waals surface area contributed by atoms with Gasteiger partial charge in [0.15, 0.2) is 5.13 Å². The number of pyridine rings is 1. The minimum atomic E-state index is -0.610. The summed E-state index contributed by atoms with van der Waals surface area (Å²) in [5, 5.41) is 2.95. The van der Waals surface area contributed by atoms with Crippen LogP contribution in [0.5, 0.6) is 0 Å². The Morgan fingerprint density at radius 1 is 1.21 bits per heavy atom. The monoisotopic (exact) mass is 346 g/mol. The van der Waals surface area contributed by atoms with E-state index < -0.39 is 11.6 Å². The number of aromatic nitrogens is 2. The lowest BCUT2D eigenvalue weighted by atomic mass is 10.1. The van der Waals surface area contributed by atoms with Gasteiger partial charge >= 0.3 is 0 Å². The molecule has 1 amide bonds. The number of nitrogens with two attached hydrogens (primary N) is 1. The van der Waals surface area contributed by atoms with Gasteiger partial charge in [-0.1, -0.05) is 6.07 Å². The molecular formula is C16H12F2N4OS. The zero-order valence-electron chi connectivity index (χ0n) is 12.3. The number of carbonyl (C=O) groups is 1. The molecule has 0 radical (unpaired) electrons. The first-order valence-electron chi connectivity index (χ1n) is 6.93. The summed E-state index contributed by atoms with van der Waals surface area (Å²) in [5.41, 5.74) is 5.85. The van der Waals surface area contributed by atoms with Crippen molar-refractivity contribution < 1.29 is 13.6 Å². The first-order valence-corrected chi connectivity index (χ1v) is 7.75. The largest absolute Gasteiger partial charge is 0.384 e. The topological polar surface area (TPSA) is 80.9 Å². The third-order valence-electron chi connectivity index (χ3n) is 3.23. The fourth-order valence-electron chi connectivity index (χ4n) is 2.08. The van der Waals surface area contributed by atoms with Crippen LogP contribution < -0.4 is 11.1 Å². The summed E-state index contributed by atoms with van der Waals surface area (Å²) >= 11 is 1.15. The molecule has 3 rings (SSSR count). The summed E-state index contributed by atoms with van der Waals surface area (Å²) in [4.78, 5) is 20.6. The Morgan fingerprint density at radius 3 is 2.67 bits per heavy atom. The number of halogens is 2. The summed E-state index contributed by atoms with van der Waals surface area (Å²) < 4.78 is 27.3. The van der Waals surface area contributed by atoms with Gasteiger partial charge in [0.1, 0.15) is 17.5 Å². The molecule has 1 aromatic carbocycles. The average molecular weight is 346 g/mol. The van der Waals surface area contributed by atoms with E-state index in [2.05, 4.69) is 15.3 Å². The van der Waals surface area contributed by atoms with Crippen molar-refractivity contribution >= 4 is 28.2 Å². The number of anilines is 2. The Hall–Kier alpha value is -2.87. The second-order valence-corrected chi connectivity index (χ2v) is 6.05. The van der Waals surface area contributed by atoms with Crippen LogP contribution in [0.1, 0.15) is 20.8 Å². The number of rotatable bonds is 4. The van der Waals surface area contributed by atoms with Gasteiger partial charge in [0, 0.05) is 34.8 Å². The number of amides is 1. The molecule has 0 aliphatic heterocycles. The third kappa shape index (κ3) is 3.54. The van der Waals surface area contributed by atoms with Gasteiger partial charge in [0.25, 0.3) is 5.91 Å². The zero-order valence-corrected chi connectivity index (χ0v) is 13.1. The van der Waals surface area contributed by atoms with E-state index in [0.29, 0.717) is 15.6 Å². The molecule has 5 nitrogen and oxygen atoms in total. The molecule has 0 fully saturated rings. The predicted molar refractivity (Wildman–Crippen MR) is 87.9 cm³/mol. The lowest BCUT2D eigenvalue weighted by molar-refractivity contribution is 0.102. The van der Waals surface area contributed by atoms with Crippen LogP contribution >= 0.6 is 11.3 Å². The van der Waals surface area contributed by atoms with E-state index in [1.165, 1.54) is 42.7 Å². The fourth-order valence-corrected chi connectivity index (χ4v) is 2.90. The van der Waals surface area contributed by atoms with E-state index in [1.54, 1.807) is 0 Å². The first kappa shape index (κ1) is 16.0. The van der Waals surface area contributed by atoms with Crippen molar-refractivity contribution in [2.24, 2.45) is 0 Å². The quantitative estimate of drug-likeness (QED) is 0.760. The van der Waals surface area contributed by atoms with Gasteiger partial charge in [0.05, 0.1) is 0 Å². The molecular weight excluding hydrogens is 334 g/mol. The van der Waals surface area contributed by atoms with Gasteiger partial charge in [-0.2, -0.15) is 0 Å². The number of hydrogen-bond donors (Lipinski definition) is 2. The van der Waals surface area contributed by atoms with Gasteiger partial charge in [-0.3, -0.25) is 10.1 Å². The first-order chi connectivity index (χ1) is 11.5. The molecule has 0 bridgehead atoms. The van der Waals surface area contributed by atoms with Crippen molar-refractivity contribution in [1.29, 1.82) is 0 Å². The van der Waals surface area contributed by atoms with Crippen LogP contribution in [0.3, 0.4) is 0 Å². The standard InChI is InChI=1S/C16H12F2N4OS/c17-12-2-1-3-13(18)11(12)7-10-8-21-16(24-10)22-15(23)9-4-5-20-14(19)6-9/h1-6,8H,7H2,(H2,19,20)(H,21,22,23). The van der Waals surface area contributed by atoms with E-state index in [1.807, 2.05) is 0 Å². The Balaban J connectivity index is 1.73. The highest BCUT2D eigenvalue weighted by Gasteiger charge is 2.13. The van der Waals surface area contributed by atoms with Crippen LogP contribution in [0.25, 0.3) is 0 Å². The lowest BCUT2D eigenvalue weighted by Gasteiger charge is -2.03. The van der Waals surface area contributed by atoms with E-state index in [0.717, 1.165) is 11.3 Å². The number of nitrogens with one attached hydrogen (secondary N) is 1. The number of hydrogen-bond acceptors (Lipinski definition) is 5. The van der Waals surface area contributed by atoms with Gasteiger partial charge < -0.3 is 5.73 Å². The van der Waals surface area contributed by atoms with Gasteiger partial charge in [0.2, 0.25) is 0 Å². The number of nitrogen functional groups attached to an aromatic ring is 1. The molecule has 0 saturated carbocycles. The molecule has 122 valence electrons. The van der Waals surface area contributed by atoms with E-state index in [9.17, 15) is 13.6 Å². The van der Waals surface area contributed by atoms with Crippen LogP contribution in [0.15, 0.2) is 42.7 Å². The molecule has 2 aromatic heterocycles. The molecule has 0 atom stereocenters. The second-order valence-electron chi connectivity index (χ2n) is 4.93. The van der Waals surface area contributed by atoms with Crippen molar-refractivity contribution in [2.45, 2.75) is 6.42 Å². The maximum Gasteiger partial charge on any atom is 0.257 e. The van der Waals surface area contributed by atoms with Crippen LogP contribution in [0.2, 0.25) is 0 Å². The third-order valence-corrected chi connectivity index (χ3v) is 4.14. The molecule has 24 heavy (non-hydrogen) atoms. The maximum atomic E-state index is 13.7. The number of benzene rings is 1. The summed E-state index contributed by atoms with van der Waals surface area (Å²) in [6.45, 7) is 0. The second kappa shape index (κ2) is 6.71. The molecule has 0 aliphatic rings. The number of nitrogens with zero attached hydrogens (tertiary/aromatic N) is 2. The molecule has 0 saturated heterocycles. The highest BCUT2D eigenvalue weighted by Crippen LogP contribution is 2.24. The van der Waals surface area contributed by atoms with Crippen LogP contribution in [-0.4, -0.2) is 15.9 Å². The number of thiazole rings is 1. The normalized spacial score (nSPS) is 10.6. The SMILES string of the molecule is Nc1cc(C(=O)Nc2ncc(Cc3c(F)cccc3F)s2)ccn1. The Bertz CT molecular complexity index is 877. The molecule has 3 aromatic rings. The van der Waals surface area contributed by atoms with Crippen molar-refractivity contribution in [3.05, 3.63) is 70.4 Å². The molecule has 0 aliphatic carbocycles. The summed E-state index contributed by atoms with van der Waals surface area (Å²) in [5.74, 6) is -1.37. The predicted octanol–water partition coefficient (Wildman–Crippen LogP) is 3.24. The number of carbonyl (C=O) groups excluding carboxylic acids is 1. The van der Waals surface area contributed by atoms with Crippen molar-refractivity contribution in [2.75, 3.05) is 11.1 Å². The summed E-state index contributed by atoms with van der Waals surface area (Å²) in [7, 11) is 0. The van der Waals surface area contributed by atoms with Gasteiger partial charge in [-0.15, -0.1) is 11.3 Å². The fraction of sp³-hybridized carbons (Fsp3) is 0.0625. The van der Waals surface area contributed by atoms with Gasteiger partial charge in [-0.25, -0.2) is 18.7 Å². The smallest absolute Gasteiger partial charge is 0.257 e. The zero-order chi connectivity index (χ0) is 17.1. The van der Waals surface area contributed by atoms with Gasteiger partial charge in [-0.05, 0) is 24.3 Å². The summed E-state index contributed by atoms with van der Waals surface area (Å²) in [6, 6.07) is 6.69. The highest BCUT2D eigenvalue weighted by atomic mass is 32.1. The Labute approximate surface area is 140 Å². The molecule has 2 heterocycles. The van der Waals surface area contributed by atoms with Crippen molar-refractivity contribution in [3.63, 3.8) is 0 Å². The highest BCUT2D eigenvalue weighted by molar-refractivity contribution is 7.15. The van der Waals surface area contributed by atoms with Crippen LogP contribution in [0.4, 0.5) is 19.7 Å². The Morgan fingerprint density at radius 2 is 1.96 bits per heavy atom. The lowest BCUT2D eigenvalue weighted by Crippen LogP contribution is -2.12. The van der Waals surface area contributed by atoms with Crippen molar-refractivity contribution in [1.82, 2.24) is 9.97 Å². The van der Waals surface area contributed by atoms with Crippen LogP contribution in [0, 0.1) is 11.6 Å². The molecule has 0 unspecified atom stereocenters. The van der Waals surface area contributed by atoms with E-state index >= 15 is 0 Å². The average Bonchev–Trinajstić information content (AvgIpc) is 2.98. The molecule has 0 spiro atoms. The molecule has 8 heteroatoms. The Kier molecular flexibility index (Phi) is 4.48.